The average Bonchev–Trinajstić information content (AvgIpc) is 2.90. The van der Waals surface area contributed by atoms with Gasteiger partial charge in [-0.25, -0.2) is 8.78 Å². The lowest BCUT2D eigenvalue weighted by molar-refractivity contribution is 0.199. The number of ether oxygens (including phenoxy) is 1. The normalized spacial score (nSPS) is 11.0. The summed E-state index contributed by atoms with van der Waals surface area (Å²) in [6.45, 7) is 2.29. The lowest BCUT2D eigenvalue weighted by atomic mass is 10.1. The van der Waals surface area contributed by atoms with E-state index in [9.17, 15) is 8.78 Å². The number of benzene rings is 1. The zero-order chi connectivity index (χ0) is 15.1. The van der Waals surface area contributed by atoms with Crippen LogP contribution in [0.25, 0.3) is 0 Å². The molecule has 1 N–H and O–H groups in total. The van der Waals surface area contributed by atoms with Crippen molar-refractivity contribution in [3.63, 3.8) is 0 Å². The zero-order valence-electron chi connectivity index (χ0n) is 11.7. The third-order valence-corrected chi connectivity index (χ3v) is 3.83. The predicted molar refractivity (Wildman–Crippen MR) is 77.5 cm³/mol. The third kappa shape index (κ3) is 5.11. The first-order chi connectivity index (χ1) is 10.2. The number of nitrogens with zero attached hydrogens (tertiary/aromatic N) is 2. The highest BCUT2D eigenvalue weighted by molar-refractivity contribution is 7.11. The molecule has 0 aliphatic carbocycles. The maximum absolute atomic E-state index is 13.1. The minimum atomic E-state index is -0.834. The van der Waals surface area contributed by atoms with Crippen LogP contribution in [0.1, 0.15) is 15.6 Å². The molecule has 0 saturated heterocycles. The fourth-order valence-electron chi connectivity index (χ4n) is 1.78. The quantitative estimate of drug-likeness (QED) is 0.759. The molecule has 0 saturated carbocycles. The van der Waals surface area contributed by atoms with Crippen molar-refractivity contribution in [2.45, 2.75) is 12.8 Å². The van der Waals surface area contributed by atoms with Gasteiger partial charge in [-0.1, -0.05) is 6.07 Å². The van der Waals surface area contributed by atoms with Gasteiger partial charge in [-0.3, -0.25) is 0 Å². The molecule has 114 valence electrons. The molecule has 0 radical (unpaired) electrons. The highest BCUT2D eigenvalue weighted by Crippen LogP contribution is 2.16. The van der Waals surface area contributed by atoms with Gasteiger partial charge in [0.15, 0.2) is 11.6 Å². The molecule has 0 bridgehead atoms. The summed E-state index contributed by atoms with van der Waals surface area (Å²) in [7, 11) is 1.66. The van der Waals surface area contributed by atoms with Crippen LogP contribution in [0.3, 0.4) is 0 Å². The van der Waals surface area contributed by atoms with E-state index in [0.717, 1.165) is 35.6 Å². The topological polar surface area (TPSA) is 47.0 Å². The Labute approximate surface area is 126 Å². The Hall–Kier alpha value is -1.44. The second-order valence-corrected chi connectivity index (χ2v) is 5.65. The van der Waals surface area contributed by atoms with Crippen LogP contribution in [0.5, 0.6) is 0 Å². The van der Waals surface area contributed by atoms with Crippen LogP contribution in [0.15, 0.2) is 18.2 Å². The van der Waals surface area contributed by atoms with Gasteiger partial charge >= 0.3 is 0 Å². The van der Waals surface area contributed by atoms with Crippen molar-refractivity contribution in [3.05, 3.63) is 45.4 Å². The van der Waals surface area contributed by atoms with E-state index in [1.807, 2.05) is 0 Å². The summed E-state index contributed by atoms with van der Waals surface area (Å²) < 4.78 is 30.9. The average molecular weight is 313 g/mol. The van der Waals surface area contributed by atoms with Crippen LogP contribution in [0, 0.1) is 11.6 Å². The van der Waals surface area contributed by atoms with E-state index in [2.05, 4.69) is 15.5 Å². The molecule has 0 aliphatic rings. The monoisotopic (exact) mass is 313 g/mol. The molecule has 0 atom stereocenters. The Bertz CT molecular complexity index is 577. The summed E-state index contributed by atoms with van der Waals surface area (Å²) in [6.07, 6.45) is 1.26. The van der Waals surface area contributed by atoms with Crippen molar-refractivity contribution in [1.82, 2.24) is 15.5 Å². The van der Waals surface area contributed by atoms with E-state index in [4.69, 9.17) is 4.74 Å². The van der Waals surface area contributed by atoms with Crippen molar-refractivity contribution in [2.75, 3.05) is 26.8 Å². The Balaban J connectivity index is 1.83. The molecule has 0 aliphatic heterocycles. The van der Waals surface area contributed by atoms with Gasteiger partial charge in [0.05, 0.1) is 6.61 Å². The largest absolute Gasteiger partial charge is 0.383 e. The molecule has 0 spiro atoms. The standard InChI is InChI=1S/C14H17F2N3OS/c1-20-7-6-17-5-4-13-18-19-14(21-13)9-10-2-3-11(15)12(16)8-10/h2-3,8,17H,4-7,9H2,1H3. The van der Waals surface area contributed by atoms with E-state index in [1.165, 1.54) is 17.4 Å². The number of halogens is 2. The molecule has 4 nitrogen and oxygen atoms in total. The van der Waals surface area contributed by atoms with Gasteiger partial charge in [0.2, 0.25) is 0 Å². The Morgan fingerprint density at radius 2 is 1.95 bits per heavy atom. The third-order valence-electron chi connectivity index (χ3n) is 2.85. The number of nitrogens with one attached hydrogen (secondary N) is 1. The fourth-order valence-corrected chi connectivity index (χ4v) is 2.66. The number of aromatic nitrogens is 2. The second-order valence-electron chi connectivity index (χ2n) is 4.51. The van der Waals surface area contributed by atoms with E-state index in [1.54, 1.807) is 13.2 Å². The van der Waals surface area contributed by atoms with Gasteiger partial charge in [-0.15, -0.1) is 21.5 Å². The SMILES string of the molecule is COCCNCCc1nnc(Cc2ccc(F)c(F)c2)s1. The summed E-state index contributed by atoms with van der Waals surface area (Å²) in [6, 6.07) is 3.89. The molecule has 2 aromatic rings. The fraction of sp³-hybridized carbons (Fsp3) is 0.429. The van der Waals surface area contributed by atoms with Crippen molar-refractivity contribution < 1.29 is 13.5 Å². The number of rotatable bonds is 8. The van der Waals surface area contributed by atoms with E-state index in [0.29, 0.717) is 18.6 Å². The van der Waals surface area contributed by atoms with Gasteiger partial charge in [0, 0.05) is 33.0 Å². The summed E-state index contributed by atoms with van der Waals surface area (Å²) in [5.74, 6) is -1.67. The summed E-state index contributed by atoms with van der Waals surface area (Å²) in [5.41, 5.74) is 0.690. The molecule has 1 aromatic carbocycles. The lowest BCUT2D eigenvalue weighted by Crippen LogP contribution is -2.21. The van der Waals surface area contributed by atoms with Crippen LogP contribution < -0.4 is 5.32 Å². The number of methoxy groups -OCH3 is 1. The Morgan fingerprint density at radius 1 is 1.14 bits per heavy atom. The van der Waals surface area contributed by atoms with E-state index in [-0.39, 0.29) is 0 Å². The number of hydrogen-bond donors (Lipinski definition) is 1. The minimum Gasteiger partial charge on any atom is -0.383 e. The van der Waals surface area contributed by atoms with Crippen LogP contribution in [0.2, 0.25) is 0 Å². The maximum atomic E-state index is 13.1. The summed E-state index contributed by atoms with van der Waals surface area (Å²) in [5, 5.41) is 13.1. The van der Waals surface area contributed by atoms with Gasteiger partial charge in [0.25, 0.3) is 0 Å². The van der Waals surface area contributed by atoms with Gasteiger partial charge in [0.1, 0.15) is 10.0 Å². The molecule has 21 heavy (non-hydrogen) atoms. The van der Waals surface area contributed by atoms with Crippen LogP contribution >= 0.6 is 11.3 Å². The summed E-state index contributed by atoms with van der Waals surface area (Å²) >= 11 is 1.49. The second kappa shape index (κ2) is 8.11. The van der Waals surface area contributed by atoms with Gasteiger partial charge in [-0.2, -0.15) is 0 Å². The molecule has 2 rings (SSSR count). The molecule has 7 heteroatoms. The highest BCUT2D eigenvalue weighted by Gasteiger charge is 2.07. The predicted octanol–water partition coefficient (Wildman–Crippen LogP) is 2.19. The molecular weight excluding hydrogens is 296 g/mol. The maximum Gasteiger partial charge on any atom is 0.159 e. The van der Waals surface area contributed by atoms with Gasteiger partial charge in [-0.05, 0) is 17.7 Å². The smallest absolute Gasteiger partial charge is 0.159 e. The van der Waals surface area contributed by atoms with Crippen LogP contribution in [0.4, 0.5) is 8.78 Å². The first-order valence-electron chi connectivity index (χ1n) is 6.64. The van der Waals surface area contributed by atoms with Crippen LogP contribution in [-0.2, 0) is 17.6 Å². The zero-order valence-corrected chi connectivity index (χ0v) is 12.6. The Morgan fingerprint density at radius 3 is 2.71 bits per heavy atom. The summed E-state index contributed by atoms with van der Waals surface area (Å²) in [4.78, 5) is 0. The van der Waals surface area contributed by atoms with Crippen molar-refractivity contribution in [1.29, 1.82) is 0 Å². The molecule has 1 aromatic heterocycles. The Kier molecular flexibility index (Phi) is 6.16. The highest BCUT2D eigenvalue weighted by atomic mass is 32.1. The van der Waals surface area contributed by atoms with Crippen molar-refractivity contribution >= 4 is 11.3 Å². The molecule has 1 heterocycles. The minimum absolute atomic E-state index is 0.464. The lowest BCUT2D eigenvalue weighted by Gasteiger charge is -2.01. The van der Waals surface area contributed by atoms with Crippen molar-refractivity contribution in [3.8, 4) is 0 Å². The molecule has 0 unspecified atom stereocenters. The first kappa shape index (κ1) is 15.9. The van der Waals surface area contributed by atoms with E-state index < -0.39 is 11.6 Å². The number of hydrogen-bond acceptors (Lipinski definition) is 5. The first-order valence-corrected chi connectivity index (χ1v) is 7.45. The van der Waals surface area contributed by atoms with E-state index >= 15 is 0 Å². The molecular formula is C14H17F2N3OS. The van der Waals surface area contributed by atoms with Gasteiger partial charge < -0.3 is 10.1 Å². The van der Waals surface area contributed by atoms with Crippen LogP contribution in [-0.4, -0.2) is 37.0 Å². The van der Waals surface area contributed by atoms with Crippen molar-refractivity contribution in [2.24, 2.45) is 0 Å². The molecule has 0 fully saturated rings. The molecule has 0 amide bonds.